The number of anilines is 1. The monoisotopic (exact) mass is 357 g/mol. The SMILES string of the molecule is Nc1ncnc2n[nH]c(-c3ccc(Oc4cc(F)cc(F)c4)cc3F)c12. The average Bonchev–Trinajstić information content (AvgIpc) is 2.99. The Bertz CT molecular complexity index is 1110. The predicted octanol–water partition coefficient (Wildman–Crippen LogP) is 3.81. The van der Waals surface area contributed by atoms with Gasteiger partial charge in [-0.05, 0) is 12.1 Å². The molecular formula is C17H10F3N5O. The van der Waals surface area contributed by atoms with Crippen molar-refractivity contribution in [2.75, 3.05) is 5.73 Å². The van der Waals surface area contributed by atoms with E-state index < -0.39 is 17.5 Å². The Morgan fingerprint density at radius 3 is 2.42 bits per heavy atom. The number of nitrogens with two attached hydrogens (primary N) is 1. The van der Waals surface area contributed by atoms with E-state index in [9.17, 15) is 13.2 Å². The molecule has 0 aliphatic rings. The second-order valence-corrected chi connectivity index (χ2v) is 5.40. The number of rotatable bonds is 3. The topological polar surface area (TPSA) is 89.7 Å². The molecule has 26 heavy (non-hydrogen) atoms. The van der Waals surface area contributed by atoms with Gasteiger partial charge >= 0.3 is 0 Å². The maximum absolute atomic E-state index is 14.6. The Balaban J connectivity index is 1.72. The number of nitrogen functional groups attached to an aromatic ring is 1. The van der Waals surface area contributed by atoms with Gasteiger partial charge in [-0.15, -0.1) is 0 Å². The summed E-state index contributed by atoms with van der Waals surface area (Å²) >= 11 is 0. The van der Waals surface area contributed by atoms with E-state index in [-0.39, 0.29) is 22.9 Å². The number of hydrogen-bond acceptors (Lipinski definition) is 5. The summed E-state index contributed by atoms with van der Waals surface area (Å²) in [5, 5.41) is 7.05. The Kier molecular flexibility index (Phi) is 3.68. The van der Waals surface area contributed by atoms with Crippen LogP contribution < -0.4 is 10.5 Å². The maximum Gasteiger partial charge on any atom is 0.186 e. The molecule has 130 valence electrons. The van der Waals surface area contributed by atoms with Crippen LogP contribution in [0.5, 0.6) is 11.5 Å². The van der Waals surface area contributed by atoms with Crippen molar-refractivity contribution in [2.45, 2.75) is 0 Å². The fourth-order valence-corrected chi connectivity index (χ4v) is 2.56. The van der Waals surface area contributed by atoms with Crippen LogP contribution in [0.15, 0.2) is 42.7 Å². The number of aromatic amines is 1. The number of halogens is 3. The van der Waals surface area contributed by atoms with E-state index in [0.29, 0.717) is 22.8 Å². The highest BCUT2D eigenvalue weighted by Gasteiger charge is 2.16. The predicted molar refractivity (Wildman–Crippen MR) is 87.9 cm³/mol. The Morgan fingerprint density at radius 1 is 0.923 bits per heavy atom. The molecule has 2 heterocycles. The molecular weight excluding hydrogens is 347 g/mol. The highest BCUT2D eigenvalue weighted by Crippen LogP contribution is 2.33. The maximum atomic E-state index is 14.6. The quantitative estimate of drug-likeness (QED) is 0.582. The number of aromatic nitrogens is 4. The minimum Gasteiger partial charge on any atom is -0.457 e. The third-order valence-electron chi connectivity index (χ3n) is 3.66. The molecule has 0 fully saturated rings. The lowest BCUT2D eigenvalue weighted by Gasteiger charge is -2.08. The van der Waals surface area contributed by atoms with Gasteiger partial charge in [-0.2, -0.15) is 5.10 Å². The van der Waals surface area contributed by atoms with Crippen LogP contribution in [-0.2, 0) is 0 Å². The highest BCUT2D eigenvalue weighted by molar-refractivity contribution is 5.97. The Hall–Kier alpha value is -3.62. The second-order valence-electron chi connectivity index (χ2n) is 5.40. The van der Waals surface area contributed by atoms with Crippen LogP contribution in [-0.4, -0.2) is 20.2 Å². The molecule has 9 heteroatoms. The average molecular weight is 357 g/mol. The van der Waals surface area contributed by atoms with Crippen molar-refractivity contribution in [3.63, 3.8) is 0 Å². The van der Waals surface area contributed by atoms with Crippen molar-refractivity contribution in [1.82, 2.24) is 20.2 Å². The van der Waals surface area contributed by atoms with E-state index in [4.69, 9.17) is 10.5 Å². The third kappa shape index (κ3) is 2.79. The molecule has 3 N–H and O–H groups in total. The van der Waals surface area contributed by atoms with Crippen LogP contribution in [0.4, 0.5) is 19.0 Å². The zero-order valence-corrected chi connectivity index (χ0v) is 13.0. The number of benzene rings is 2. The molecule has 0 radical (unpaired) electrons. The first kappa shape index (κ1) is 15.9. The molecule has 2 aromatic carbocycles. The first-order valence-corrected chi connectivity index (χ1v) is 7.39. The molecule has 2 aromatic heterocycles. The summed E-state index contributed by atoms with van der Waals surface area (Å²) in [5.74, 6) is -2.08. The van der Waals surface area contributed by atoms with Gasteiger partial charge < -0.3 is 10.5 Å². The first-order chi connectivity index (χ1) is 12.5. The van der Waals surface area contributed by atoms with Crippen molar-refractivity contribution in [2.24, 2.45) is 0 Å². The molecule has 0 aliphatic heterocycles. The molecule has 4 aromatic rings. The van der Waals surface area contributed by atoms with Crippen molar-refractivity contribution in [3.8, 4) is 22.8 Å². The molecule has 0 atom stereocenters. The molecule has 0 saturated heterocycles. The van der Waals surface area contributed by atoms with Crippen molar-refractivity contribution in [3.05, 3.63) is 60.2 Å². The lowest BCUT2D eigenvalue weighted by atomic mass is 10.1. The van der Waals surface area contributed by atoms with Gasteiger partial charge in [0.25, 0.3) is 0 Å². The van der Waals surface area contributed by atoms with Crippen LogP contribution in [0.25, 0.3) is 22.3 Å². The van der Waals surface area contributed by atoms with Crippen LogP contribution in [0, 0.1) is 17.5 Å². The number of H-pyrrole nitrogens is 1. The lowest BCUT2D eigenvalue weighted by Crippen LogP contribution is -1.94. The van der Waals surface area contributed by atoms with Gasteiger partial charge in [0.1, 0.15) is 41.1 Å². The molecule has 6 nitrogen and oxygen atoms in total. The largest absolute Gasteiger partial charge is 0.457 e. The van der Waals surface area contributed by atoms with Gasteiger partial charge in [-0.1, -0.05) is 0 Å². The normalized spacial score (nSPS) is 11.0. The van der Waals surface area contributed by atoms with Gasteiger partial charge in [-0.25, -0.2) is 23.1 Å². The number of nitrogens with one attached hydrogen (secondary N) is 1. The van der Waals surface area contributed by atoms with Crippen LogP contribution in [0.2, 0.25) is 0 Å². The van der Waals surface area contributed by atoms with E-state index >= 15 is 0 Å². The zero-order chi connectivity index (χ0) is 18.3. The zero-order valence-electron chi connectivity index (χ0n) is 13.0. The smallest absolute Gasteiger partial charge is 0.186 e. The second kappa shape index (κ2) is 6.03. The summed E-state index contributed by atoms with van der Waals surface area (Å²) in [7, 11) is 0. The van der Waals surface area contributed by atoms with Gasteiger partial charge in [0, 0.05) is 29.8 Å². The van der Waals surface area contributed by atoms with Gasteiger partial charge in [0.2, 0.25) is 0 Å². The summed E-state index contributed by atoms with van der Waals surface area (Å²) < 4.78 is 46.3. The van der Waals surface area contributed by atoms with Gasteiger partial charge in [-0.3, -0.25) is 5.10 Å². The number of ether oxygens (including phenoxy) is 1. The summed E-state index contributed by atoms with van der Waals surface area (Å²) in [6.45, 7) is 0. The van der Waals surface area contributed by atoms with Gasteiger partial charge in [0.15, 0.2) is 5.65 Å². The molecule has 4 rings (SSSR count). The third-order valence-corrected chi connectivity index (χ3v) is 3.66. The molecule has 0 amide bonds. The van der Waals surface area contributed by atoms with E-state index in [0.717, 1.165) is 18.2 Å². The van der Waals surface area contributed by atoms with E-state index in [1.54, 1.807) is 0 Å². The molecule has 0 saturated carbocycles. The standard InChI is InChI=1S/C17H10F3N5O/c18-8-3-9(19)5-11(4-8)26-10-1-2-12(13(20)6-10)15-14-16(21)22-7-23-17(14)25-24-15/h1-7H,(H3,21,22,23,24,25). The van der Waals surface area contributed by atoms with Crippen molar-refractivity contribution in [1.29, 1.82) is 0 Å². The van der Waals surface area contributed by atoms with E-state index in [1.807, 2.05) is 0 Å². The number of fused-ring (bicyclic) bond motifs is 1. The summed E-state index contributed by atoms with van der Waals surface area (Å²) in [4.78, 5) is 7.83. The number of nitrogens with zero attached hydrogens (tertiary/aromatic N) is 3. The minimum atomic E-state index is -0.795. The Labute approximate surface area is 144 Å². The molecule has 0 aliphatic carbocycles. The fraction of sp³-hybridized carbons (Fsp3) is 0. The minimum absolute atomic E-state index is 0.0734. The summed E-state index contributed by atoms with van der Waals surface area (Å²) in [6, 6.07) is 6.68. The molecule has 0 spiro atoms. The van der Waals surface area contributed by atoms with Crippen molar-refractivity contribution >= 4 is 16.9 Å². The lowest BCUT2D eigenvalue weighted by molar-refractivity contribution is 0.464. The fourth-order valence-electron chi connectivity index (χ4n) is 2.56. The molecule has 0 unspecified atom stereocenters. The number of hydrogen-bond donors (Lipinski definition) is 2. The summed E-state index contributed by atoms with van der Waals surface area (Å²) in [6.07, 6.45) is 1.26. The van der Waals surface area contributed by atoms with Crippen LogP contribution in [0.1, 0.15) is 0 Å². The van der Waals surface area contributed by atoms with Crippen LogP contribution in [0.3, 0.4) is 0 Å². The van der Waals surface area contributed by atoms with Gasteiger partial charge in [0.05, 0.1) is 11.1 Å². The van der Waals surface area contributed by atoms with E-state index in [2.05, 4.69) is 20.2 Å². The Morgan fingerprint density at radius 2 is 1.69 bits per heavy atom. The van der Waals surface area contributed by atoms with Crippen LogP contribution >= 0.6 is 0 Å². The van der Waals surface area contributed by atoms with E-state index in [1.165, 1.54) is 18.5 Å². The first-order valence-electron chi connectivity index (χ1n) is 7.39. The molecule has 0 bridgehead atoms. The highest BCUT2D eigenvalue weighted by atomic mass is 19.1. The van der Waals surface area contributed by atoms with Crippen molar-refractivity contribution < 1.29 is 17.9 Å². The summed E-state index contributed by atoms with van der Waals surface area (Å²) in [5.41, 5.74) is 6.62.